The normalized spacial score (nSPS) is 17.4. The number of carbonyl (C=O) groups is 1. The van der Waals surface area contributed by atoms with Crippen LogP contribution in [-0.4, -0.2) is 12.5 Å². The van der Waals surface area contributed by atoms with Gasteiger partial charge in [-0.25, -0.2) is 4.39 Å². The molecule has 0 aliphatic heterocycles. The number of rotatable bonds is 5. The highest BCUT2D eigenvalue weighted by Crippen LogP contribution is 2.41. The molecule has 1 saturated carbocycles. The molecule has 1 atom stereocenters. The highest BCUT2D eigenvalue weighted by atomic mass is 19.1. The Kier molecular flexibility index (Phi) is 4.98. The van der Waals surface area contributed by atoms with Crippen LogP contribution in [0.4, 0.5) is 4.39 Å². The maximum Gasteiger partial charge on any atom is 0.230 e. The van der Waals surface area contributed by atoms with Crippen LogP contribution in [0.2, 0.25) is 0 Å². The second-order valence-corrected chi connectivity index (χ2v) is 6.82. The molecule has 24 heavy (non-hydrogen) atoms. The third-order valence-corrected chi connectivity index (χ3v) is 5.21. The van der Waals surface area contributed by atoms with Crippen molar-refractivity contribution in [3.63, 3.8) is 0 Å². The van der Waals surface area contributed by atoms with E-state index in [1.165, 1.54) is 17.7 Å². The van der Waals surface area contributed by atoms with Gasteiger partial charge in [0.25, 0.3) is 0 Å². The van der Waals surface area contributed by atoms with Crippen molar-refractivity contribution in [2.24, 2.45) is 0 Å². The van der Waals surface area contributed by atoms with Gasteiger partial charge in [0.05, 0.1) is 5.41 Å². The Labute approximate surface area is 143 Å². The lowest BCUT2D eigenvalue weighted by Gasteiger charge is -2.29. The molecule has 1 aliphatic carbocycles. The van der Waals surface area contributed by atoms with Gasteiger partial charge in [-0.15, -0.1) is 0 Å². The molecule has 0 aromatic heterocycles. The van der Waals surface area contributed by atoms with Gasteiger partial charge in [0.2, 0.25) is 5.91 Å². The Balaban J connectivity index is 1.74. The van der Waals surface area contributed by atoms with Crippen molar-refractivity contribution in [2.75, 3.05) is 6.54 Å². The summed E-state index contributed by atoms with van der Waals surface area (Å²) in [6, 6.07) is 16.7. The smallest absolute Gasteiger partial charge is 0.230 e. The lowest BCUT2D eigenvalue weighted by molar-refractivity contribution is -0.126. The molecule has 1 amide bonds. The number of nitrogens with one attached hydrogen (secondary N) is 1. The first kappa shape index (κ1) is 16.7. The summed E-state index contributed by atoms with van der Waals surface area (Å²) in [6.07, 6.45) is 3.61. The lowest BCUT2D eigenvalue weighted by atomic mass is 9.78. The van der Waals surface area contributed by atoms with Crippen LogP contribution in [0, 0.1) is 5.82 Å². The molecular formula is C21H24FNO. The van der Waals surface area contributed by atoms with Crippen molar-refractivity contribution in [3.8, 4) is 0 Å². The minimum Gasteiger partial charge on any atom is -0.355 e. The summed E-state index contributed by atoms with van der Waals surface area (Å²) in [5.41, 5.74) is 1.45. The molecule has 2 nitrogen and oxygen atoms in total. The average Bonchev–Trinajstić information content (AvgIpc) is 3.11. The molecule has 0 heterocycles. The van der Waals surface area contributed by atoms with Gasteiger partial charge in [-0.1, -0.05) is 62.2 Å². The van der Waals surface area contributed by atoms with Crippen molar-refractivity contribution in [1.29, 1.82) is 0 Å². The van der Waals surface area contributed by atoms with E-state index in [0.29, 0.717) is 6.54 Å². The number of hydrogen-bond acceptors (Lipinski definition) is 1. The first-order valence-electron chi connectivity index (χ1n) is 8.71. The zero-order valence-corrected chi connectivity index (χ0v) is 14.1. The zero-order chi connectivity index (χ0) is 17.0. The van der Waals surface area contributed by atoms with Crippen LogP contribution in [0.25, 0.3) is 0 Å². The van der Waals surface area contributed by atoms with Crippen LogP contribution >= 0.6 is 0 Å². The van der Waals surface area contributed by atoms with Crippen LogP contribution in [0.3, 0.4) is 0 Å². The second kappa shape index (κ2) is 7.16. The van der Waals surface area contributed by atoms with E-state index < -0.39 is 5.41 Å². The third kappa shape index (κ3) is 3.35. The molecule has 3 rings (SSSR count). The maximum absolute atomic E-state index is 13.7. The molecule has 1 N–H and O–H groups in total. The SMILES string of the molecule is CC(CNC(=O)C1(c2cccc(F)c2)CCCC1)c1ccccc1. The first-order chi connectivity index (χ1) is 11.6. The molecule has 1 aliphatic rings. The highest BCUT2D eigenvalue weighted by Gasteiger charge is 2.42. The van der Waals surface area contributed by atoms with Crippen molar-refractivity contribution in [2.45, 2.75) is 43.9 Å². The molecule has 3 heteroatoms. The number of carbonyl (C=O) groups excluding carboxylic acids is 1. The van der Waals surface area contributed by atoms with Gasteiger partial charge in [0.15, 0.2) is 0 Å². The van der Waals surface area contributed by atoms with E-state index >= 15 is 0 Å². The Morgan fingerprint density at radius 2 is 1.83 bits per heavy atom. The molecule has 2 aromatic rings. The average molecular weight is 325 g/mol. The Morgan fingerprint density at radius 1 is 1.12 bits per heavy atom. The molecule has 0 bridgehead atoms. The molecule has 2 aromatic carbocycles. The monoisotopic (exact) mass is 325 g/mol. The van der Waals surface area contributed by atoms with Crippen LogP contribution < -0.4 is 5.32 Å². The summed E-state index contributed by atoms with van der Waals surface area (Å²) < 4.78 is 13.7. The molecule has 0 spiro atoms. The van der Waals surface area contributed by atoms with Crippen molar-refractivity contribution >= 4 is 5.91 Å². The van der Waals surface area contributed by atoms with Crippen molar-refractivity contribution in [3.05, 3.63) is 71.5 Å². The van der Waals surface area contributed by atoms with E-state index in [1.54, 1.807) is 6.07 Å². The largest absolute Gasteiger partial charge is 0.355 e. The lowest BCUT2D eigenvalue weighted by Crippen LogP contribution is -2.43. The van der Waals surface area contributed by atoms with Gasteiger partial charge in [-0.3, -0.25) is 4.79 Å². The predicted octanol–water partition coefficient (Wildman–Crippen LogP) is 4.56. The van der Waals surface area contributed by atoms with Gasteiger partial charge in [0.1, 0.15) is 5.82 Å². The van der Waals surface area contributed by atoms with Gasteiger partial charge < -0.3 is 5.32 Å². The molecule has 126 valence electrons. The van der Waals surface area contributed by atoms with E-state index in [0.717, 1.165) is 31.2 Å². The van der Waals surface area contributed by atoms with E-state index in [9.17, 15) is 9.18 Å². The number of benzene rings is 2. The van der Waals surface area contributed by atoms with Gasteiger partial charge in [-0.2, -0.15) is 0 Å². The minimum atomic E-state index is -0.571. The van der Waals surface area contributed by atoms with E-state index in [1.807, 2.05) is 24.3 Å². The van der Waals surface area contributed by atoms with Crippen LogP contribution in [0.15, 0.2) is 54.6 Å². The molecule has 0 saturated heterocycles. The summed E-state index contributed by atoms with van der Waals surface area (Å²) in [5, 5.41) is 3.12. The number of amides is 1. The summed E-state index contributed by atoms with van der Waals surface area (Å²) >= 11 is 0. The van der Waals surface area contributed by atoms with Gasteiger partial charge >= 0.3 is 0 Å². The topological polar surface area (TPSA) is 29.1 Å². The summed E-state index contributed by atoms with van der Waals surface area (Å²) in [5.74, 6) is 0.0127. The zero-order valence-electron chi connectivity index (χ0n) is 14.1. The summed E-state index contributed by atoms with van der Waals surface area (Å²) in [6.45, 7) is 2.71. The Hall–Kier alpha value is -2.16. The fourth-order valence-electron chi connectivity index (χ4n) is 3.73. The van der Waals surface area contributed by atoms with Crippen LogP contribution in [0.5, 0.6) is 0 Å². The van der Waals surface area contributed by atoms with Crippen LogP contribution in [0.1, 0.15) is 49.7 Å². The maximum atomic E-state index is 13.7. The molecule has 1 unspecified atom stereocenters. The first-order valence-corrected chi connectivity index (χ1v) is 8.71. The predicted molar refractivity (Wildman–Crippen MR) is 94.4 cm³/mol. The van der Waals surface area contributed by atoms with Crippen molar-refractivity contribution in [1.82, 2.24) is 5.32 Å². The van der Waals surface area contributed by atoms with E-state index in [-0.39, 0.29) is 17.6 Å². The minimum absolute atomic E-state index is 0.0355. The Morgan fingerprint density at radius 3 is 2.50 bits per heavy atom. The summed E-state index contributed by atoms with van der Waals surface area (Å²) in [7, 11) is 0. The van der Waals surface area contributed by atoms with Gasteiger partial charge in [0, 0.05) is 6.54 Å². The quantitative estimate of drug-likeness (QED) is 0.858. The standard InChI is InChI=1S/C21H24FNO/c1-16(17-8-3-2-4-9-17)15-23-20(24)21(12-5-6-13-21)18-10-7-11-19(22)14-18/h2-4,7-11,14,16H,5-6,12-13,15H2,1H3,(H,23,24). The molecular weight excluding hydrogens is 301 g/mol. The third-order valence-electron chi connectivity index (χ3n) is 5.21. The number of halogens is 1. The summed E-state index contributed by atoms with van der Waals surface area (Å²) in [4.78, 5) is 13.0. The van der Waals surface area contributed by atoms with Crippen molar-refractivity contribution < 1.29 is 9.18 Å². The van der Waals surface area contributed by atoms with E-state index in [2.05, 4.69) is 24.4 Å². The van der Waals surface area contributed by atoms with Gasteiger partial charge in [-0.05, 0) is 42.0 Å². The fourth-order valence-corrected chi connectivity index (χ4v) is 3.73. The second-order valence-electron chi connectivity index (χ2n) is 6.82. The van der Waals surface area contributed by atoms with Crippen LogP contribution in [-0.2, 0) is 10.2 Å². The van der Waals surface area contributed by atoms with E-state index in [4.69, 9.17) is 0 Å². The fraction of sp³-hybridized carbons (Fsp3) is 0.381. The Bertz CT molecular complexity index is 692. The molecule has 1 fully saturated rings. The highest BCUT2D eigenvalue weighted by molar-refractivity contribution is 5.88. The molecule has 0 radical (unpaired) electrons. The number of hydrogen-bond donors (Lipinski definition) is 1.